The minimum absolute atomic E-state index is 0.0537. The fourth-order valence-corrected chi connectivity index (χ4v) is 11.4. The lowest BCUT2D eigenvalue weighted by Gasteiger charge is -2.45. The van der Waals surface area contributed by atoms with Gasteiger partial charge in [-0.25, -0.2) is 0 Å². The van der Waals surface area contributed by atoms with Crippen LogP contribution in [-0.4, -0.2) is 6.71 Å². The third-order valence-corrected chi connectivity index (χ3v) is 15.2. The van der Waals surface area contributed by atoms with E-state index in [1.807, 2.05) is 12.1 Å². The van der Waals surface area contributed by atoms with Crippen molar-refractivity contribution >= 4 is 79.2 Å². The predicted molar refractivity (Wildman–Crippen MR) is 304 cm³/mol. The van der Waals surface area contributed by atoms with Crippen LogP contribution in [0.1, 0.15) is 58.2 Å². The first-order chi connectivity index (χ1) is 34.9. The van der Waals surface area contributed by atoms with E-state index in [0.717, 1.165) is 66.9 Å². The van der Waals surface area contributed by atoms with Crippen LogP contribution in [0.15, 0.2) is 215 Å². The topological polar surface area (TPSA) is 32.8 Å². The number of aryl methyl sites for hydroxylation is 1. The summed E-state index contributed by atoms with van der Waals surface area (Å²) in [5, 5.41) is 2.19. The fraction of sp³-hybridized carbons (Fsp3) is 0.134. The summed E-state index contributed by atoms with van der Waals surface area (Å²) in [5.74, 6) is 0. The van der Waals surface area contributed by atoms with Gasteiger partial charge in [0.1, 0.15) is 11.2 Å². The molecule has 0 aliphatic carbocycles. The van der Waals surface area contributed by atoms with Gasteiger partial charge < -0.3 is 18.6 Å². The summed E-state index contributed by atoms with van der Waals surface area (Å²) in [5.41, 5.74) is 25.4. The number of nitrogens with zero attached hydrogens (tertiary/aromatic N) is 2. The molecule has 0 atom stereocenters. The summed E-state index contributed by atoms with van der Waals surface area (Å²) in [7, 11) is 0. The number of hydrogen-bond donors (Lipinski definition) is 0. The molecule has 0 bridgehead atoms. The first kappa shape index (κ1) is 43.7. The second-order valence-corrected chi connectivity index (χ2v) is 21.9. The highest BCUT2D eigenvalue weighted by atomic mass is 16.3. The van der Waals surface area contributed by atoms with Gasteiger partial charge in [-0.2, -0.15) is 0 Å². The van der Waals surface area contributed by atoms with Crippen molar-refractivity contribution in [1.82, 2.24) is 0 Å². The maximum absolute atomic E-state index is 6.01. The smallest absolute Gasteiger partial charge is 0.252 e. The van der Waals surface area contributed by atoms with Crippen molar-refractivity contribution in [3.8, 4) is 44.5 Å². The summed E-state index contributed by atoms with van der Waals surface area (Å²) in [6.07, 6.45) is 3.56. The Hall–Kier alpha value is -8.28. The summed E-state index contributed by atoms with van der Waals surface area (Å²) in [4.78, 5) is 5.15. The van der Waals surface area contributed by atoms with Crippen molar-refractivity contribution in [3.05, 3.63) is 223 Å². The molecule has 11 aromatic rings. The molecule has 0 N–H and O–H groups in total. The Bertz CT molecular complexity index is 3670. The van der Waals surface area contributed by atoms with Crippen LogP contribution in [0.2, 0.25) is 0 Å². The SMILES string of the molecule is Cc1cc2c3c(c1)N(c1ccc(C(C)(C)C)cc1-c1ccccc1)c1ccc(-c4ccc5ccoc5c4)cc1B3c1cc(-c3ccc4ccoc4c3)ccc1N2c1ccc(C(C)(C)C)cc1-c1ccccc1. The summed E-state index contributed by atoms with van der Waals surface area (Å²) >= 11 is 0. The average Bonchev–Trinajstić information content (AvgIpc) is 4.08. The number of benzene rings is 9. The lowest BCUT2D eigenvalue weighted by atomic mass is 9.33. The van der Waals surface area contributed by atoms with Crippen molar-refractivity contribution in [2.75, 3.05) is 9.80 Å². The predicted octanol–water partition coefficient (Wildman–Crippen LogP) is 16.8. The lowest BCUT2D eigenvalue weighted by molar-refractivity contribution is 0.590. The average molecular weight is 931 g/mol. The minimum atomic E-state index is -0.129. The monoisotopic (exact) mass is 930 g/mol. The highest BCUT2D eigenvalue weighted by Crippen LogP contribution is 2.50. The van der Waals surface area contributed by atoms with Crippen LogP contribution in [0.3, 0.4) is 0 Å². The number of rotatable bonds is 6. The molecular weight excluding hydrogens is 876 g/mol. The van der Waals surface area contributed by atoms with Crippen molar-refractivity contribution in [3.63, 3.8) is 0 Å². The van der Waals surface area contributed by atoms with E-state index in [-0.39, 0.29) is 17.5 Å². The molecule has 348 valence electrons. The normalized spacial score (nSPS) is 13.1. The van der Waals surface area contributed by atoms with Gasteiger partial charge in [0.25, 0.3) is 6.71 Å². The molecule has 0 amide bonds. The molecule has 5 heteroatoms. The standard InChI is InChI=1S/C67H55BN2O2/c1-42-34-61-65-62(35-42)70(58-29-25-52(67(5,6)7)41-54(58)44-16-12-9-13-17-44)60-27-23-48(50-21-19-46-31-33-72-64(46)39-50)37-56(60)68(65)55-36-47(49-20-18-45-30-32-71-63(45)38-49)22-26-59(55)69(61)57-28-24-51(66(2,3)4)40-53(57)43-14-10-8-11-15-43/h8-41H,1-7H3. The maximum atomic E-state index is 6.01. The first-order valence-electron chi connectivity index (χ1n) is 25.2. The number of anilines is 6. The van der Waals surface area contributed by atoms with Crippen LogP contribution < -0.4 is 26.2 Å². The Kier molecular flexibility index (Phi) is 9.96. The van der Waals surface area contributed by atoms with E-state index >= 15 is 0 Å². The number of fused-ring (bicyclic) bond motifs is 6. The van der Waals surface area contributed by atoms with Crippen LogP contribution in [0.4, 0.5) is 34.1 Å². The van der Waals surface area contributed by atoms with Gasteiger partial charge in [0.2, 0.25) is 0 Å². The molecule has 0 radical (unpaired) electrons. The molecule has 4 nitrogen and oxygen atoms in total. The minimum Gasteiger partial charge on any atom is -0.464 e. The van der Waals surface area contributed by atoms with Crippen LogP contribution in [0, 0.1) is 6.92 Å². The van der Waals surface area contributed by atoms with E-state index in [0.29, 0.717) is 0 Å². The van der Waals surface area contributed by atoms with Crippen LogP contribution >= 0.6 is 0 Å². The van der Waals surface area contributed by atoms with E-state index in [9.17, 15) is 0 Å². The zero-order valence-corrected chi connectivity index (χ0v) is 41.9. The Balaban J connectivity index is 1.14. The zero-order chi connectivity index (χ0) is 49.0. The molecule has 72 heavy (non-hydrogen) atoms. The summed E-state index contributed by atoms with van der Waals surface area (Å²) in [6.45, 7) is 16.0. The van der Waals surface area contributed by atoms with E-state index < -0.39 is 0 Å². The van der Waals surface area contributed by atoms with E-state index in [4.69, 9.17) is 8.83 Å². The van der Waals surface area contributed by atoms with Gasteiger partial charge in [0, 0.05) is 44.6 Å². The highest BCUT2D eigenvalue weighted by molar-refractivity contribution is 7.00. The molecule has 4 heterocycles. The fourth-order valence-electron chi connectivity index (χ4n) is 11.4. The molecule has 2 aromatic heterocycles. The van der Waals surface area contributed by atoms with Gasteiger partial charge in [-0.3, -0.25) is 0 Å². The van der Waals surface area contributed by atoms with Crippen LogP contribution in [0.5, 0.6) is 0 Å². The third kappa shape index (κ3) is 7.21. The third-order valence-electron chi connectivity index (χ3n) is 15.2. The van der Waals surface area contributed by atoms with Gasteiger partial charge in [-0.05, 0) is 157 Å². The summed E-state index contributed by atoms with van der Waals surface area (Å²) < 4.78 is 12.0. The molecule has 0 unspecified atom stereocenters. The van der Waals surface area contributed by atoms with Crippen molar-refractivity contribution in [2.24, 2.45) is 0 Å². The first-order valence-corrected chi connectivity index (χ1v) is 25.2. The molecule has 9 aromatic carbocycles. The maximum Gasteiger partial charge on any atom is 0.252 e. The number of furan rings is 2. The van der Waals surface area contributed by atoms with Gasteiger partial charge in [0.15, 0.2) is 0 Å². The quantitative estimate of drug-likeness (QED) is 0.156. The summed E-state index contributed by atoms with van der Waals surface area (Å²) in [6, 6.07) is 72.5. The molecule has 0 saturated heterocycles. The van der Waals surface area contributed by atoms with Crippen LogP contribution in [-0.2, 0) is 10.8 Å². The molecular formula is C67H55BN2O2. The molecule has 2 aliphatic rings. The van der Waals surface area contributed by atoms with Gasteiger partial charge in [-0.15, -0.1) is 0 Å². The van der Waals surface area contributed by atoms with E-state index in [2.05, 4.69) is 240 Å². The zero-order valence-electron chi connectivity index (χ0n) is 41.9. The van der Waals surface area contributed by atoms with E-state index in [1.165, 1.54) is 66.7 Å². The second-order valence-electron chi connectivity index (χ2n) is 21.9. The van der Waals surface area contributed by atoms with Gasteiger partial charge in [-0.1, -0.05) is 163 Å². The van der Waals surface area contributed by atoms with Gasteiger partial charge >= 0.3 is 0 Å². The highest BCUT2D eigenvalue weighted by Gasteiger charge is 2.45. The Labute approximate surface area is 422 Å². The number of hydrogen-bond acceptors (Lipinski definition) is 4. The Morgan fingerprint density at radius 3 is 1.19 bits per heavy atom. The van der Waals surface area contributed by atoms with Crippen molar-refractivity contribution in [1.29, 1.82) is 0 Å². The van der Waals surface area contributed by atoms with Crippen molar-refractivity contribution in [2.45, 2.75) is 59.3 Å². The molecule has 0 fully saturated rings. The van der Waals surface area contributed by atoms with Gasteiger partial charge in [0.05, 0.1) is 23.9 Å². The van der Waals surface area contributed by atoms with Crippen molar-refractivity contribution < 1.29 is 8.83 Å². The molecule has 13 rings (SSSR count). The van der Waals surface area contributed by atoms with E-state index in [1.54, 1.807) is 12.5 Å². The Morgan fingerprint density at radius 2 is 0.764 bits per heavy atom. The molecule has 0 saturated carbocycles. The largest absolute Gasteiger partial charge is 0.464 e. The Morgan fingerprint density at radius 1 is 0.361 bits per heavy atom. The molecule has 2 aliphatic heterocycles. The molecule has 0 spiro atoms. The second kappa shape index (κ2) is 16.4. The lowest BCUT2D eigenvalue weighted by Crippen LogP contribution is -2.61. The van der Waals surface area contributed by atoms with Crippen LogP contribution in [0.25, 0.3) is 66.4 Å².